The maximum atomic E-state index is 4.80. The summed E-state index contributed by atoms with van der Waals surface area (Å²) in [5.74, 6) is 0. The third-order valence-corrected chi connectivity index (χ3v) is 14.0. The molecule has 0 aliphatic rings. The Morgan fingerprint density at radius 1 is 0.250 bits per heavy atom. The third-order valence-electron chi connectivity index (χ3n) is 14.0. The van der Waals surface area contributed by atoms with Crippen molar-refractivity contribution in [1.29, 1.82) is 0 Å². The van der Waals surface area contributed by atoms with Gasteiger partial charge >= 0.3 is 20.1 Å². The van der Waals surface area contributed by atoms with E-state index in [1.54, 1.807) is 0 Å². The summed E-state index contributed by atoms with van der Waals surface area (Å²) in [5.41, 5.74) is 26.9. The molecule has 12 rings (SSSR count). The standard InChI is InChI=1S/C72H50N3.Ir/c1-48-35-38-73-70(41-48)56-29-25-53(26-30-56)62-15-7-9-17-64(62)59-44-60(65-18-10-8-16-63(65)54-27-31-57(32-28-54)71-42-49(2)36-39-74-71)46-61(45-59)66-19-11-12-20-67(66)68-34-33-58(72-43-50(3)37-40-75-72)47-69(68)55-23-21-52(22-24-55)51-13-5-4-6-14-51;/h4-29,31,34-47H,1-3H3;/q-3;+3. The van der Waals surface area contributed by atoms with Crippen LogP contribution in [0.4, 0.5) is 0 Å². The molecule has 0 atom stereocenters. The first-order valence-corrected chi connectivity index (χ1v) is 25.4. The van der Waals surface area contributed by atoms with Crippen LogP contribution < -0.4 is 0 Å². The van der Waals surface area contributed by atoms with Crippen LogP contribution in [-0.2, 0) is 20.1 Å². The molecule has 3 aromatic heterocycles. The smallest absolute Gasteiger partial charge is 0.305 e. The monoisotopic (exact) mass is 1150 g/mol. The van der Waals surface area contributed by atoms with Crippen LogP contribution in [-0.4, -0.2) is 15.0 Å². The minimum atomic E-state index is 0. The van der Waals surface area contributed by atoms with Gasteiger partial charge in [0.05, 0.1) is 0 Å². The fourth-order valence-electron chi connectivity index (χ4n) is 10.2. The molecule has 0 spiro atoms. The number of aryl methyl sites for hydroxylation is 3. The molecule has 0 saturated heterocycles. The molecule has 0 amide bonds. The summed E-state index contributed by atoms with van der Waals surface area (Å²) in [6.45, 7) is 6.29. The summed E-state index contributed by atoms with van der Waals surface area (Å²) >= 11 is 0. The molecular formula is C72H50IrN3. The van der Waals surface area contributed by atoms with Gasteiger partial charge in [0.25, 0.3) is 0 Å². The van der Waals surface area contributed by atoms with Gasteiger partial charge in [-0.15, -0.1) is 83.4 Å². The van der Waals surface area contributed by atoms with E-state index in [1.807, 2.05) is 36.8 Å². The SMILES string of the molecule is Cc1ccnc(-c2[c-]cc(-c3ccccc3-c3cc(-c4ccccc4-c4c[c-]c(-c5cc(C)ccn5)cc4)cc(-c4ccccc4-c4c[c-]c(-c5cc(C)ccn5)cc4-c4ccc(-c5ccccc5)cc4)c3)cc2)c1.[Ir+3]. The Morgan fingerprint density at radius 3 is 1.04 bits per heavy atom. The molecule has 0 bridgehead atoms. The Morgan fingerprint density at radius 2 is 0.605 bits per heavy atom. The van der Waals surface area contributed by atoms with Crippen LogP contribution in [0.2, 0.25) is 0 Å². The molecule has 0 N–H and O–H groups in total. The molecule has 3 heterocycles. The number of rotatable bonds is 11. The number of aromatic nitrogens is 3. The van der Waals surface area contributed by atoms with Crippen molar-refractivity contribution in [3.63, 3.8) is 0 Å². The van der Waals surface area contributed by atoms with Crippen LogP contribution in [0.1, 0.15) is 16.7 Å². The molecule has 76 heavy (non-hydrogen) atoms. The average molecular weight is 1150 g/mol. The molecule has 362 valence electrons. The van der Waals surface area contributed by atoms with Crippen molar-refractivity contribution in [3.8, 4) is 123 Å². The summed E-state index contributed by atoms with van der Waals surface area (Å²) in [4.78, 5) is 14.1. The Kier molecular flexibility index (Phi) is 14.2. The number of pyridine rings is 3. The van der Waals surface area contributed by atoms with Gasteiger partial charge < -0.3 is 15.0 Å². The molecule has 0 unspecified atom stereocenters. The van der Waals surface area contributed by atoms with Gasteiger partial charge in [-0.25, -0.2) is 0 Å². The van der Waals surface area contributed by atoms with Crippen molar-refractivity contribution in [1.82, 2.24) is 15.0 Å². The van der Waals surface area contributed by atoms with Crippen LogP contribution in [0.3, 0.4) is 0 Å². The second-order valence-corrected chi connectivity index (χ2v) is 19.2. The van der Waals surface area contributed by atoms with Crippen molar-refractivity contribution in [3.05, 3.63) is 284 Å². The topological polar surface area (TPSA) is 38.7 Å². The Bertz CT molecular complexity index is 3860. The minimum Gasteiger partial charge on any atom is -0.305 e. The van der Waals surface area contributed by atoms with Gasteiger partial charge in [0.1, 0.15) is 0 Å². The van der Waals surface area contributed by atoms with Crippen LogP contribution >= 0.6 is 0 Å². The summed E-state index contributed by atoms with van der Waals surface area (Å²) in [5, 5.41) is 0. The predicted molar refractivity (Wildman–Crippen MR) is 310 cm³/mol. The first-order valence-electron chi connectivity index (χ1n) is 25.4. The normalized spacial score (nSPS) is 11.0. The Hall–Kier alpha value is -8.92. The van der Waals surface area contributed by atoms with Crippen molar-refractivity contribution in [2.75, 3.05) is 0 Å². The van der Waals surface area contributed by atoms with Gasteiger partial charge in [-0.05, 0) is 124 Å². The molecule has 0 radical (unpaired) electrons. The van der Waals surface area contributed by atoms with Gasteiger partial charge in [0.2, 0.25) is 0 Å². The van der Waals surface area contributed by atoms with E-state index in [0.29, 0.717) is 0 Å². The van der Waals surface area contributed by atoms with Crippen LogP contribution in [0.15, 0.2) is 249 Å². The predicted octanol–water partition coefficient (Wildman–Crippen LogP) is 18.5. The van der Waals surface area contributed by atoms with Gasteiger partial charge in [0, 0.05) is 18.6 Å². The summed E-state index contributed by atoms with van der Waals surface area (Å²) in [7, 11) is 0. The molecule has 0 saturated carbocycles. The second-order valence-electron chi connectivity index (χ2n) is 19.2. The van der Waals surface area contributed by atoms with E-state index in [-0.39, 0.29) is 20.1 Å². The summed E-state index contributed by atoms with van der Waals surface area (Å²) in [6, 6.07) is 93.3. The van der Waals surface area contributed by atoms with Crippen molar-refractivity contribution < 1.29 is 20.1 Å². The van der Waals surface area contributed by atoms with E-state index in [4.69, 9.17) is 4.98 Å². The molecular weight excluding hydrogens is 1100 g/mol. The maximum Gasteiger partial charge on any atom is 3.00 e. The molecule has 0 aliphatic heterocycles. The first-order chi connectivity index (χ1) is 36.9. The third kappa shape index (κ3) is 10.3. The van der Waals surface area contributed by atoms with Crippen molar-refractivity contribution in [2.45, 2.75) is 20.8 Å². The number of hydrogen-bond donors (Lipinski definition) is 0. The van der Waals surface area contributed by atoms with E-state index in [1.165, 1.54) is 22.3 Å². The van der Waals surface area contributed by atoms with E-state index in [9.17, 15) is 0 Å². The van der Waals surface area contributed by atoms with Gasteiger partial charge in [-0.2, -0.15) is 0 Å². The van der Waals surface area contributed by atoms with Gasteiger partial charge in [-0.1, -0.05) is 201 Å². The zero-order valence-corrected chi connectivity index (χ0v) is 44.7. The zero-order valence-electron chi connectivity index (χ0n) is 42.3. The number of hydrogen-bond acceptors (Lipinski definition) is 3. The summed E-state index contributed by atoms with van der Waals surface area (Å²) in [6.07, 6.45) is 5.60. The Balaban J connectivity index is 0.00000616. The van der Waals surface area contributed by atoms with Crippen molar-refractivity contribution >= 4 is 0 Å². The van der Waals surface area contributed by atoms with E-state index in [2.05, 4.69) is 261 Å². The van der Waals surface area contributed by atoms with Crippen molar-refractivity contribution in [2.24, 2.45) is 0 Å². The van der Waals surface area contributed by atoms with E-state index in [0.717, 1.165) is 117 Å². The zero-order chi connectivity index (χ0) is 50.7. The molecule has 9 aromatic carbocycles. The molecule has 0 fully saturated rings. The largest absolute Gasteiger partial charge is 3.00 e. The number of nitrogens with zero attached hydrogens (tertiary/aromatic N) is 3. The van der Waals surface area contributed by atoms with Crippen LogP contribution in [0, 0.1) is 39.0 Å². The van der Waals surface area contributed by atoms with Gasteiger partial charge in [0.15, 0.2) is 0 Å². The van der Waals surface area contributed by atoms with Crippen LogP contribution in [0.25, 0.3) is 123 Å². The molecule has 3 nitrogen and oxygen atoms in total. The quantitative estimate of drug-likeness (QED) is 0.121. The number of benzene rings is 9. The Labute approximate surface area is 459 Å². The fraction of sp³-hybridized carbons (Fsp3) is 0.0417. The second kappa shape index (κ2) is 21.9. The fourth-order valence-corrected chi connectivity index (χ4v) is 10.2. The average Bonchev–Trinajstić information content (AvgIpc) is 3.48. The van der Waals surface area contributed by atoms with Crippen LogP contribution in [0.5, 0.6) is 0 Å². The summed E-state index contributed by atoms with van der Waals surface area (Å²) < 4.78 is 0. The molecule has 0 aliphatic carbocycles. The molecule has 4 heteroatoms. The van der Waals surface area contributed by atoms with Gasteiger partial charge in [-0.3, -0.25) is 0 Å². The van der Waals surface area contributed by atoms with E-state index >= 15 is 0 Å². The van der Waals surface area contributed by atoms with E-state index < -0.39 is 0 Å². The maximum absolute atomic E-state index is 4.80. The first kappa shape index (κ1) is 49.3. The minimum absolute atomic E-state index is 0. The molecule has 12 aromatic rings.